The van der Waals surface area contributed by atoms with E-state index >= 15 is 0 Å². The molecule has 1 fully saturated rings. The lowest BCUT2D eigenvalue weighted by atomic mass is 9.91. The first-order valence-electron chi connectivity index (χ1n) is 7.18. The predicted octanol–water partition coefficient (Wildman–Crippen LogP) is -1.63. The van der Waals surface area contributed by atoms with Gasteiger partial charge in [-0.1, -0.05) is 11.8 Å². The Morgan fingerprint density at radius 3 is 2.92 bits per heavy atom. The van der Waals surface area contributed by atoms with Crippen molar-refractivity contribution in [3.8, 4) is 11.8 Å². The van der Waals surface area contributed by atoms with Gasteiger partial charge >= 0.3 is 0 Å². The van der Waals surface area contributed by atoms with Crippen LogP contribution in [0.25, 0.3) is 11.0 Å². The Labute approximate surface area is 139 Å². The van der Waals surface area contributed by atoms with Crippen molar-refractivity contribution in [3.63, 3.8) is 0 Å². The highest BCUT2D eigenvalue weighted by Gasteiger charge is 2.54. The minimum atomic E-state index is -1.88. The Balaban J connectivity index is 2.23. The van der Waals surface area contributed by atoms with E-state index in [1.165, 1.54) is 0 Å². The highest BCUT2D eigenvalue weighted by atomic mass is 19.1. The fourth-order valence-corrected chi connectivity index (χ4v) is 2.87. The van der Waals surface area contributed by atoms with Gasteiger partial charge in [-0.2, -0.15) is 4.98 Å². The van der Waals surface area contributed by atoms with Gasteiger partial charge in [0.05, 0.1) is 6.61 Å². The Kier molecular flexibility index (Phi) is 4.21. The number of H-pyrrole nitrogens is 1. The number of aromatic nitrogens is 3. The van der Waals surface area contributed by atoms with Gasteiger partial charge in [0.15, 0.2) is 23.2 Å². The Morgan fingerprint density at radius 1 is 1.56 bits per heavy atom. The van der Waals surface area contributed by atoms with Gasteiger partial charge in [-0.25, -0.2) is 8.78 Å². The van der Waals surface area contributed by atoms with Crippen LogP contribution in [-0.4, -0.2) is 55.8 Å². The molecule has 2 aromatic heterocycles. The molecule has 0 spiro atoms. The number of nitrogen functional groups attached to an aromatic ring is 1. The van der Waals surface area contributed by atoms with E-state index in [4.69, 9.17) is 16.2 Å². The normalized spacial score (nSPS) is 28.9. The number of anilines is 1. The summed E-state index contributed by atoms with van der Waals surface area (Å²) in [5, 5.41) is 19.2. The fraction of sp³-hybridized carbons (Fsp3) is 0.429. The van der Waals surface area contributed by atoms with Crippen LogP contribution in [0, 0.1) is 17.7 Å². The molecule has 2 aromatic rings. The summed E-state index contributed by atoms with van der Waals surface area (Å²) >= 11 is 0. The summed E-state index contributed by atoms with van der Waals surface area (Å²) in [6, 6.07) is 0. The number of aliphatic hydroxyl groups is 2. The molecule has 0 amide bonds. The highest BCUT2D eigenvalue weighted by molar-refractivity contribution is 5.77. The summed E-state index contributed by atoms with van der Waals surface area (Å²) in [7, 11) is 0. The van der Waals surface area contributed by atoms with E-state index in [0.29, 0.717) is 0 Å². The molecule has 9 nitrogen and oxygen atoms in total. The third kappa shape index (κ3) is 2.56. The number of nitrogens with one attached hydrogen (secondary N) is 1. The molecule has 0 aromatic carbocycles. The molecular formula is C14H15F2N5O4. The Morgan fingerprint density at radius 2 is 2.28 bits per heavy atom. The lowest BCUT2D eigenvalue weighted by molar-refractivity contribution is -0.0446. The third-order valence-corrected chi connectivity index (χ3v) is 4.01. The number of ether oxygens (including phenoxy) is 1. The second-order valence-corrected chi connectivity index (χ2v) is 5.56. The first-order chi connectivity index (χ1) is 11.8. The van der Waals surface area contributed by atoms with Crippen LogP contribution in [0.2, 0.25) is 0 Å². The van der Waals surface area contributed by atoms with Crippen molar-refractivity contribution in [1.29, 1.82) is 0 Å². The maximum absolute atomic E-state index is 14.2. The molecule has 11 heteroatoms. The summed E-state index contributed by atoms with van der Waals surface area (Å²) in [5.41, 5.74) is 8.70. The average Bonchev–Trinajstić information content (AvgIpc) is 3.01. The molecule has 7 N–H and O–H groups in total. The zero-order valence-corrected chi connectivity index (χ0v) is 12.7. The lowest BCUT2D eigenvalue weighted by Crippen LogP contribution is -2.53. The van der Waals surface area contributed by atoms with Crippen molar-refractivity contribution in [2.24, 2.45) is 5.73 Å². The van der Waals surface area contributed by atoms with Gasteiger partial charge in [-0.3, -0.25) is 14.3 Å². The van der Waals surface area contributed by atoms with E-state index in [0.717, 1.165) is 10.8 Å². The standard InChI is InChI=1S/C14H15F2N5O4/c15-3-1-2-14(18)9(23)7(5-22)25-12(14)21-4-6(16)8-10(21)19-13(17)20-11(8)24/h4,7,9,12,22-23H,3,5,18H2,(H3,17,19,20,24)/t7-,9?,12-,14-/m1/s1. The molecule has 0 bridgehead atoms. The topological polar surface area (TPSA) is 152 Å². The molecule has 134 valence electrons. The summed E-state index contributed by atoms with van der Waals surface area (Å²) < 4.78 is 33.2. The summed E-state index contributed by atoms with van der Waals surface area (Å²) in [4.78, 5) is 17.9. The van der Waals surface area contributed by atoms with Crippen LogP contribution >= 0.6 is 0 Å². The molecule has 1 aliphatic rings. The zero-order valence-electron chi connectivity index (χ0n) is 12.7. The van der Waals surface area contributed by atoms with Gasteiger partial charge in [-0.15, -0.1) is 0 Å². The van der Waals surface area contributed by atoms with Crippen molar-refractivity contribution < 1.29 is 23.7 Å². The number of aromatic amines is 1. The van der Waals surface area contributed by atoms with Gasteiger partial charge in [0, 0.05) is 6.20 Å². The monoisotopic (exact) mass is 355 g/mol. The van der Waals surface area contributed by atoms with Crippen LogP contribution in [-0.2, 0) is 4.74 Å². The summed E-state index contributed by atoms with van der Waals surface area (Å²) in [5.74, 6) is 3.26. The SMILES string of the molecule is Nc1nc2c(c(F)cn2[C@@H]2O[C@H](CO)C(O)[C@]2(N)C#CCF)c(=O)[nH]1. The van der Waals surface area contributed by atoms with Gasteiger partial charge < -0.3 is 26.4 Å². The van der Waals surface area contributed by atoms with Crippen molar-refractivity contribution in [3.05, 3.63) is 22.4 Å². The van der Waals surface area contributed by atoms with Crippen LogP contribution in [0.1, 0.15) is 6.23 Å². The number of halogens is 2. The van der Waals surface area contributed by atoms with E-state index in [1.54, 1.807) is 0 Å². The van der Waals surface area contributed by atoms with Gasteiger partial charge in [0.25, 0.3) is 5.56 Å². The number of nitrogens with two attached hydrogens (primary N) is 2. The van der Waals surface area contributed by atoms with Crippen molar-refractivity contribution >= 4 is 17.0 Å². The van der Waals surface area contributed by atoms with Gasteiger partial charge in [0.1, 0.15) is 24.3 Å². The van der Waals surface area contributed by atoms with Gasteiger partial charge in [-0.05, 0) is 0 Å². The molecule has 4 atom stereocenters. The molecular weight excluding hydrogens is 340 g/mol. The first-order valence-corrected chi connectivity index (χ1v) is 7.18. The number of hydrogen-bond donors (Lipinski definition) is 5. The number of rotatable bonds is 2. The smallest absolute Gasteiger partial charge is 0.264 e. The average molecular weight is 355 g/mol. The predicted molar refractivity (Wildman–Crippen MR) is 82.4 cm³/mol. The Bertz CT molecular complexity index is 933. The largest absolute Gasteiger partial charge is 0.394 e. The Hall–Kier alpha value is -2.52. The lowest BCUT2D eigenvalue weighted by Gasteiger charge is -2.28. The van der Waals surface area contributed by atoms with E-state index in [1.807, 2.05) is 0 Å². The second kappa shape index (κ2) is 6.08. The summed E-state index contributed by atoms with van der Waals surface area (Å²) in [6.07, 6.45) is -3.10. The van der Waals surface area contributed by atoms with Crippen LogP contribution < -0.4 is 17.0 Å². The first kappa shape index (κ1) is 17.3. The van der Waals surface area contributed by atoms with E-state index < -0.39 is 48.6 Å². The minimum Gasteiger partial charge on any atom is -0.394 e. The number of aliphatic hydroxyl groups excluding tert-OH is 2. The van der Waals surface area contributed by atoms with E-state index in [9.17, 15) is 23.8 Å². The van der Waals surface area contributed by atoms with Crippen LogP contribution in [0.15, 0.2) is 11.0 Å². The van der Waals surface area contributed by atoms with Crippen LogP contribution in [0.4, 0.5) is 14.7 Å². The second-order valence-electron chi connectivity index (χ2n) is 5.56. The maximum atomic E-state index is 14.2. The molecule has 3 rings (SSSR count). The molecule has 0 saturated carbocycles. The third-order valence-electron chi connectivity index (χ3n) is 4.01. The maximum Gasteiger partial charge on any atom is 0.264 e. The van der Waals surface area contributed by atoms with Crippen molar-refractivity contribution in [2.45, 2.75) is 24.0 Å². The zero-order chi connectivity index (χ0) is 18.4. The molecule has 1 unspecified atom stereocenters. The van der Waals surface area contributed by atoms with Crippen LogP contribution in [0.3, 0.4) is 0 Å². The number of alkyl halides is 1. The van der Waals surface area contributed by atoms with E-state index in [2.05, 4.69) is 21.8 Å². The minimum absolute atomic E-state index is 0.189. The quantitative estimate of drug-likeness (QED) is 0.405. The van der Waals surface area contributed by atoms with Crippen molar-refractivity contribution in [1.82, 2.24) is 14.5 Å². The molecule has 0 radical (unpaired) electrons. The van der Waals surface area contributed by atoms with Crippen LogP contribution in [0.5, 0.6) is 0 Å². The molecule has 1 aliphatic heterocycles. The highest BCUT2D eigenvalue weighted by Crippen LogP contribution is 2.38. The van der Waals surface area contributed by atoms with Crippen molar-refractivity contribution in [2.75, 3.05) is 19.0 Å². The number of hydrogen-bond acceptors (Lipinski definition) is 7. The fourth-order valence-electron chi connectivity index (χ4n) is 2.87. The van der Waals surface area contributed by atoms with E-state index in [-0.39, 0.29) is 17.0 Å². The molecule has 1 saturated heterocycles. The van der Waals surface area contributed by atoms with Gasteiger partial charge in [0.2, 0.25) is 5.95 Å². The molecule has 25 heavy (non-hydrogen) atoms. The number of fused-ring (bicyclic) bond motifs is 1. The number of nitrogens with zero attached hydrogens (tertiary/aromatic N) is 2. The molecule has 0 aliphatic carbocycles. The molecule has 3 heterocycles. The summed E-state index contributed by atoms with van der Waals surface area (Å²) in [6.45, 7) is -1.64.